The molecule has 0 fully saturated rings. The summed E-state index contributed by atoms with van der Waals surface area (Å²) in [4.78, 5) is 0.120. The van der Waals surface area contributed by atoms with E-state index < -0.39 is 10.0 Å². The molecule has 0 saturated heterocycles. The zero-order valence-electron chi connectivity index (χ0n) is 14.0. The fraction of sp³-hybridized carbons (Fsp3) is 0.0476. The Morgan fingerprint density at radius 1 is 0.808 bits per heavy atom. The van der Waals surface area contributed by atoms with Crippen LogP contribution in [0.3, 0.4) is 0 Å². The SMILES string of the molecule is NS(=O)(=O)c1cccc(-c2ccc3ccn(Cc4ccccc4)c3c2)c1. The van der Waals surface area contributed by atoms with E-state index >= 15 is 0 Å². The van der Waals surface area contributed by atoms with E-state index in [1.807, 2.05) is 30.3 Å². The number of hydrogen-bond acceptors (Lipinski definition) is 2. The first-order valence-corrected chi connectivity index (χ1v) is 9.81. The highest BCUT2D eigenvalue weighted by Gasteiger charge is 2.10. The van der Waals surface area contributed by atoms with Gasteiger partial charge in [-0.25, -0.2) is 13.6 Å². The fourth-order valence-electron chi connectivity index (χ4n) is 3.13. The van der Waals surface area contributed by atoms with Crippen LogP contribution in [0.25, 0.3) is 22.0 Å². The number of rotatable bonds is 4. The van der Waals surface area contributed by atoms with Crippen molar-refractivity contribution in [3.05, 3.63) is 90.6 Å². The van der Waals surface area contributed by atoms with Gasteiger partial charge in [-0.2, -0.15) is 0 Å². The monoisotopic (exact) mass is 362 g/mol. The second kappa shape index (κ2) is 6.44. The van der Waals surface area contributed by atoms with Crippen molar-refractivity contribution < 1.29 is 8.42 Å². The standard InChI is InChI=1S/C21H18N2O2S/c22-26(24,25)20-8-4-7-18(13-20)19-10-9-17-11-12-23(21(17)14-19)15-16-5-2-1-3-6-16/h1-14H,15H2,(H2,22,24,25). The molecule has 4 rings (SSSR count). The van der Waals surface area contributed by atoms with E-state index in [1.54, 1.807) is 12.1 Å². The van der Waals surface area contributed by atoms with E-state index in [9.17, 15) is 8.42 Å². The molecule has 0 aliphatic heterocycles. The van der Waals surface area contributed by atoms with Gasteiger partial charge in [-0.3, -0.25) is 0 Å². The van der Waals surface area contributed by atoms with Crippen molar-refractivity contribution in [2.75, 3.05) is 0 Å². The summed E-state index contributed by atoms with van der Waals surface area (Å²) in [6.45, 7) is 0.783. The molecule has 0 aliphatic rings. The van der Waals surface area contributed by atoms with Crippen molar-refractivity contribution in [1.82, 2.24) is 4.57 Å². The summed E-state index contributed by atoms with van der Waals surface area (Å²) in [6.07, 6.45) is 2.07. The van der Waals surface area contributed by atoms with Gasteiger partial charge in [-0.1, -0.05) is 54.6 Å². The number of hydrogen-bond donors (Lipinski definition) is 1. The Hall–Kier alpha value is -2.89. The van der Waals surface area contributed by atoms with Crippen molar-refractivity contribution in [3.63, 3.8) is 0 Å². The average Bonchev–Trinajstić information content (AvgIpc) is 3.04. The number of primary sulfonamides is 1. The third kappa shape index (κ3) is 3.27. The van der Waals surface area contributed by atoms with Crippen LogP contribution in [0.5, 0.6) is 0 Å². The summed E-state index contributed by atoms with van der Waals surface area (Å²) in [5.41, 5.74) is 4.11. The van der Waals surface area contributed by atoms with E-state index in [4.69, 9.17) is 5.14 Å². The Morgan fingerprint density at radius 2 is 1.58 bits per heavy atom. The number of fused-ring (bicyclic) bond motifs is 1. The Balaban J connectivity index is 1.77. The summed E-state index contributed by atoms with van der Waals surface area (Å²) < 4.78 is 25.4. The molecule has 0 unspecified atom stereocenters. The van der Waals surface area contributed by atoms with Crippen molar-refractivity contribution in [2.45, 2.75) is 11.4 Å². The molecule has 0 radical (unpaired) electrons. The van der Waals surface area contributed by atoms with Crippen LogP contribution in [0.1, 0.15) is 5.56 Å². The molecular weight excluding hydrogens is 344 g/mol. The normalized spacial score (nSPS) is 11.7. The maximum absolute atomic E-state index is 11.6. The van der Waals surface area contributed by atoms with E-state index in [-0.39, 0.29) is 4.90 Å². The minimum atomic E-state index is -3.72. The van der Waals surface area contributed by atoms with E-state index in [1.165, 1.54) is 11.6 Å². The molecule has 0 atom stereocenters. The number of nitrogens with two attached hydrogens (primary N) is 1. The lowest BCUT2D eigenvalue weighted by Gasteiger charge is -2.08. The Kier molecular flexibility index (Phi) is 4.11. The van der Waals surface area contributed by atoms with Crippen molar-refractivity contribution in [2.24, 2.45) is 5.14 Å². The molecule has 5 heteroatoms. The van der Waals surface area contributed by atoms with Crippen LogP contribution >= 0.6 is 0 Å². The van der Waals surface area contributed by atoms with Gasteiger partial charge in [0.15, 0.2) is 0 Å². The van der Waals surface area contributed by atoms with Crippen LogP contribution in [0.2, 0.25) is 0 Å². The molecule has 0 spiro atoms. The van der Waals surface area contributed by atoms with Crippen molar-refractivity contribution in [3.8, 4) is 11.1 Å². The van der Waals surface area contributed by atoms with E-state index in [2.05, 4.69) is 41.1 Å². The number of sulfonamides is 1. The minimum absolute atomic E-state index is 0.120. The molecule has 0 aliphatic carbocycles. The second-order valence-corrected chi connectivity index (χ2v) is 7.84. The van der Waals surface area contributed by atoms with E-state index in [0.29, 0.717) is 0 Å². The first kappa shape index (κ1) is 16.6. The third-order valence-corrected chi connectivity index (χ3v) is 5.38. The van der Waals surface area contributed by atoms with Gasteiger partial charge < -0.3 is 4.57 Å². The molecule has 26 heavy (non-hydrogen) atoms. The van der Waals surface area contributed by atoms with Crippen molar-refractivity contribution in [1.29, 1.82) is 0 Å². The van der Waals surface area contributed by atoms with Crippen LogP contribution in [0, 0.1) is 0 Å². The third-order valence-electron chi connectivity index (χ3n) is 4.47. The maximum atomic E-state index is 11.6. The van der Waals surface area contributed by atoms with E-state index in [0.717, 1.165) is 28.6 Å². The van der Waals surface area contributed by atoms with Gasteiger partial charge in [0, 0.05) is 18.3 Å². The quantitative estimate of drug-likeness (QED) is 0.596. The predicted octanol–water partition coefficient (Wildman–Crippen LogP) is 4.00. The van der Waals surface area contributed by atoms with Crippen LogP contribution in [0.15, 0.2) is 90.0 Å². The highest BCUT2D eigenvalue weighted by molar-refractivity contribution is 7.89. The predicted molar refractivity (Wildman–Crippen MR) is 104 cm³/mol. The molecule has 3 aromatic carbocycles. The second-order valence-electron chi connectivity index (χ2n) is 6.28. The molecule has 2 N–H and O–H groups in total. The van der Waals surface area contributed by atoms with Gasteiger partial charge >= 0.3 is 0 Å². The van der Waals surface area contributed by atoms with Crippen LogP contribution < -0.4 is 5.14 Å². The smallest absolute Gasteiger partial charge is 0.238 e. The highest BCUT2D eigenvalue weighted by Crippen LogP contribution is 2.27. The lowest BCUT2D eigenvalue weighted by atomic mass is 10.0. The highest BCUT2D eigenvalue weighted by atomic mass is 32.2. The summed E-state index contributed by atoms with van der Waals surface area (Å²) in [6, 6.07) is 25.2. The van der Waals surface area contributed by atoms with Crippen LogP contribution in [-0.2, 0) is 16.6 Å². The number of benzene rings is 3. The van der Waals surface area contributed by atoms with Gasteiger partial charge in [0.05, 0.1) is 4.90 Å². The maximum Gasteiger partial charge on any atom is 0.238 e. The van der Waals surface area contributed by atoms with Gasteiger partial charge in [0.1, 0.15) is 0 Å². The first-order chi connectivity index (χ1) is 12.5. The zero-order valence-corrected chi connectivity index (χ0v) is 14.9. The summed E-state index contributed by atoms with van der Waals surface area (Å²) in [7, 11) is -3.72. The first-order valence-electron chi connectivity index (χ1n) is 8.27. The molecule has 0 bridgehead atoms. The lowest BCUT2D eigenvalue weighted by molar-refractivity contribution is 0.598. The van der Waals surface area contributed by atoms with Gasteiger partial charge in [0.2, 0.25) is 10.0 Å². The summed E-state index contributed by atoms with van der Waals surface area (Å²) in [5.74, 6) is 0. The molecule has 1 heterocycles. The topological polar surface area (TPSA) is 65.1 Å². The average molecular weight is 362 g/mol. The Bertz CT molecular complexity index is 1180. The molecule has 0 amide bonds. The summed E-state index contributed by atoms with van der Waals surface area (Å²) in [5, 5.41) is 6.40. The number of nitrogens with zero attached hydrogens (tertiary/aromatic N) is 1. The van der Waals surface area contributed by atoms with Crippen molar-refractivity contribution >= 4 is 20.9 Å². The Morgan fingerprint density at radius 3 is 2.35 bits per heavy atom. The summed E-state index contributed by atoms with van der Waals surface area (Å²) >= 11 is 0. The molecule has 130 valence electrons. The Labute approximate surface area is 152 Å². The molecule has 1 aromatic heterocycles. The van der Waals surface area contributed by atoms with Crippen LogP contribution in [-0.4, -0.2) is 13.0 Å². The van der Waals surface area contributed by atoms with Gasteiger partial charge in [-0.05, 0) is 46.3 Å². The van der Waals surface area contributed by atoms with Gasteiger partial charge in [0.25, 0.3) is 0 Å². The molecule has 0 saturated carbocycles. The largest absolute Gasteiger partial charge is 0.343 e. The molecule has 4 aromatic rings. The van der Waals surface area contributed by atoms with Crippen LogP contribution in [0.4, 0.5) is 0 Å². The lowest BCUT2D eigenvalue weighted by Crippen LogP contribution is -2.11. The molecule has 4 nitrogen and oxygen atoms in total. The molecular formula is C21H18N2O2S. The minimum Gasteiger partial charge on any atom is -0.343 e. The van der Waals surface area contributed by atoms with Gasteiger partial charge in [-0.15, -0.1) is 0 Å². The fourth-order valence-corrected chi connectivity index (χ4v) is 3.69. The zero-order chi connectivity index (χ0) is 18.1. The number of aromatic nitrogens is 1.